The number of halogens is 2. The van der Waals surface area contributed by atoms with Gasteiger partial charge in [-0.1, -0.05) is 24.9 Å². The molecule has 0 aliphatic carbocycles. The van der Waals surface area contributed by atoms with Crippen molar-refractivity contribution in [2.45, 2.75) is 19.8 Å². The van der Waals surface area contributed by atoms with Gasteiger partial charge in [0.25, 0.3) is 0 Å². The largest absolute Gasteiger partial charge is 0.496 e. The summed E-state index contributed by atoms with van der Waals surface area (Å²) in [5, 5.41) is 0.332. The van der Waals surface area contributed by atoms with E-state index in [-0.39, 0.29) is 5.56 Å². The summed E-state index contributed by atoms with van der Waals surface area (Å²) in [6.45, 7) is 2.55. The number of unbranched alkanes of at least 4 members (excludes halogenated alkanes) is 1. The van der Waals surface area contributed by atoms with Gasteiger partial charge in [0.1, 0.15) is 17.3 Å². The van der Waals surface area contributed by atoms with Gasteiger partial charge in [-0.25, -0.2) is 4.39 Å². The fraction of sp³-hybridized carbons (Fsp3) is 0.278. The molecular weight excluding hydrogens is 319 g/mol. The van der Waals surface area contributed by atoms with E-state index in [9.17, 15) is 9.18 Å². The average Bonchev–Trinajstić information content (AvgIpc) is 2.56. The molecule has 5 heteroatoms. The van der Waals surface area contributed by atoms with E-state index in [0.717, 1.165) is 12.8 Å². The van der Waals surface area contributed by atoms with Gasteiger partial charge in [-0.05, 0) is 36.8 Å². The number of hydrogen-bond donors (Lipinski definition) is 0. The molecule has 0 aromatic heterocycles. The van der Waals surface area contributed by atoms with Crippen molar-refractivity contribution in [3.8, 4) is 22.6 Å². The zero-order valence-electron chi connectivity index (χ0n) is 13.1. The average molecular weight is 337 g/mol. The number of aldehydes is 1. The highest BCUT2D eigenvalue weighted by Crippen LogP contribution is 2.40. The van der Waals surface area contributed by atoms with Gasteiger partial charge in [-0.3, -0.25) is 4.79 Å². The van der Waals surface area contributed by atoms with Crippen molar-refractivity contribution in [1.82, 2.24) is 0 Å². The summed E-state index contributed by atoms with van der Waals surface area (Å²) in [5.74, 6) is 0.423. The molecule has 23 heavy (non-hydrogen) atoms. The van der Waals surface area contributed by atoms with Crippen LogP contribution in [0.4, 0.5) is 4.39 Å². The smallest absolute Gasteiger partial charge is 0.154 e. The highest BCUT2D eigenvalue weighted by Gasteiger charge is 2.19. The van der Waals surface area contributed by atoms with Crippen LogP contribution in [0.15, 0.2) is 30.3 Å². The summed E-state index contributed by atoms with van der Waals surface area (Å²) in [6, 6.07) is 7.37. The highest BCUT2D eigenvalue weighted by atomic mass is 35.5. The van der Waals surface area contributed by atoms with Crippen LogP contribution in [0.1, 0.15) is 30.1 Å². The molecule has 0 heterocycles. The molecule has 0 fully saturated rings. The number of carbonyl (C=O) groups excluding carboxylic acids is 1. The third kappa shape index (κ3) is 3.82. The normalized spacial score (nSPS) is 10.4. The predicted octanol–water partition coefficient (Wildman–Crippen LogP) is 5.15. The molecule has 0 aliphatic heterocycles. The second kappa shape index (κ2) is 7.97. The third-order valence-electron chi connectivity index (χ3n) is 3.46. The van der Waals surface area contributed by atoms with Crippen molar-refractivity contribution in [2.24, 2.45) is 0 Å². The van der Waals surface area contributed by atoms with Crippen LogP contribution < -0.4 is 9.47 Å². The summed E-state index contributed by atoms with van der Waals surface area (Å²) < 4.78 is 24.6. The monoisotopic (exact) mass is 336 g/mol. The zero-order chi connectivity index (χ0) is 16.8. The summed E-state index contributed by atoms with van der Waals surface area (Å²) >= 11 is 6.26. The van der Waals surface area contributed by atoms with Crippen molar-refractivity contribution < 1.29 is 18.7 Å². The second-order valence-electron chi connectivity index (χ2n) is 5.00. The topological polar surface area (TPSA) is 35.5 Å². The third-order valence-corrected chi connectivity index (χ3v) is 3.77. The number of ether oxygens (including phenoxy) is 2. The molecule has 0 spiro atoms. The first-order valence-electron chi connectivity index (χ1n) is 7.36. The second-order valence-corrected chi connectivity index (χ2v) is 5.41. The Bertz CT molecular complexity index is 701. The van der Waals surface area contributed by atoms with Crippen molar-refractivity contribution in [3.05, 3.63) is 46.7 Å². The van der Waals surface area contributed by atoms with Gasteiger partial charge < -0.3 is 9.47 Å². The number of benzene rings is 2. The summed E-state index contributed by atoms with van der Waals surface area (Å²) in [6.07, 6.45) is 2.53. The number of carbonyl (C=O) groups is 1. The predicted molar refractivity (Wildman–Crippen MR) is 89.2 cm³/mol. The fourth-order valence-corrected chi connectivity index (χ4v) is 2.56. The molecule has 2 aromatic carbocycles. The molecule has 0 amide bonds. The maximum Gasteiger partial charge on any atom is 0.154 e. The molecule has 0 saturated heterocycles. The Balaban J connectivity index is 2.59. The van der Waals surface area contributed by atoms with Crippen LogP contribution in [0.2, 0.25) is 5.02 Å². The van der Waals surface area contributed by atoms with E-state index in [2.05, 4.69) is 6.92 Å². The fourth-order valence-electron chi connectivity index (χ4n) is 2.29. The lowest BCUT2D eigenvalue weighted by atomic mass is 9.98. The Morgan fingerprint density at radius 3 is 2.61 bits per heavy atom. The Hall–Kier alpha value is -2.07. The molecule has 122 valence electrons. The first kappa shape index (κ1) is 17.3. The molecule has 0 aliphatic rings. The Labute approximate surface area is 140 Å². The van der Waals surface area contributed by atoms with Crippen LogP contribution in [0, 0.1) is 5.82 Å². The molecule has 0 atom stereocenters. The first-order chi connectivity index (χ1) is 11.1. The lowest BCUT2D eigenvalue weighted by Gasteiger charge is -2.16. The van der Waals surface area contributed by atoms with E-state index >= 15 is 0 Å². The number of methoxy groups -OCH3 is 1. The summed E-state index contributed by atoms with van der Waals surface area (Å²) in [7, 11) is 1.48. The first-order valence-corrected chi connectivity index (χ1v) is 7.74. The molecule has 0 bridgehead atoms. The Morgan fingerprint density at radius 2 is 1.96 bits per heavy atom. The van der Waals surface area contributed by atoms with Crippen LogP contribution in [0.5, 0.6) is 11.5 Å². The van der Waals surface area contributed by atoms with E-state index in [0.29, 0.717) is 40.5 Å². The van der Waals surface area contributed by atoms with Gasteiger partial charge in [0.2, 0.25) is 0 Å². The molecule has 2 rings (SSSR count). The minimum Gasteiger partial charge on any atom is -0.496 e. The van der Waals surface area contributed by atoms with Crippen molar-refractivity contribution >= 4 is 17.9 Å². The van der Waals surface area contributed by atoms with E-state index < -0.39 is 5.82 Å². The number of rotatable bonds is 7. The Morgan fingerprint density at radius 1 is 1.22 bits per heavy atom. The van der Waals surface area contributed by atoms with E-state index in [4.69, 9.17) is 21.1 Å². The van der Waals surface area contributed by atoms with Crippen molar-refractivity contribution in [3.63, 3.8) is 0 Å². The number of hydrogen-bond acceptors (Lipinski definition) is 3. The molecule has 0 unspecified atom stereocenters. The Kier molecular flexibility index (Phi) is 5.99. The SMILES string of the molecule is CCCCOc1ccc(Cl)c(-c2cc(F)ccc2OC)c1C=O. The van der Waals surface area contributed by atoms with E-state index in [1.165, 1.54) is 25.3 Å². The van der Waals surface area contributed by atoms with Crippen molar-refractivity contribution in [1.29, 1.82) is 0 Å². The van der Waals surface area contributed by atoms with Gasteiger partial charge >= 0.3 is 0 Å². The van der Waals surface area contributed by atoms with E-state index in [1.807, 2.05) is 0 Å². The molecular formula is C18H18ClFO3. The lowest BCUT2D eigenvalue weighted by Crippen LogP contribution is -2.02. The van der Waals surface area contributed by atoms with Crippen LogP contribution >= 0.6 is 11.6 Å². The molecule has 2 aromatic rings. The molecule has 0 radical (unpaired) electrons. The molecule has 0 saturated carbocycles. The van der Waals surface area contributed by atoms with Crippen LogP contribution in [-0.4, -0.2) is 20.0 Å². The molecule has 3 nitrogen and oxygen atoms in total. The minimum absolute atomic E-state index is 0.289. The van der Waals surface area contributed by atoms with Gasteiger partial charge in [0.05, 0.1) is 19.3 Å². The summed E-state index contributed by atoms with van der Waals surface area (Å²) in [4.78, 5) is 11.6. The lowest BCUT2D eigenvalue weighted by molar-refractivity contribution is 0.112. The van der Waals surface area contributed by atoms with Gasteiger partial charge in [-0.15, -0.1) is 0 Å². The van der Waals surface area contributed by atoms with Gasteiger partial charge in [-0.2, -0.15) is 0 Å². The highest BCUT2D eigenvalue weighted by molar-refractivity contribution is 6.34. The maximum absolute atomic E-state index is 13.7. The molecule has 0 N–H and O–H groups in total. The maximum atomic E-state index is 13.7. The standard InChI is InChI=1S/C18H18ClFO3/c1-3-4-9-23-17-8-6-15(19)18(14(17)11-21)13-10-12(20)5-7-16(13)22-2/h5-8,10-11H,3-4,9H2,1-2H3. The zero-order valence-corrected chi connectivity index (χ0v) is 13.8. The van der Waals surface area contributed by atoms with E-state index in [1.54, 1.807) is 12.1 Å². The quantitative estimate of drug-likeness (QED) is 0.518. The van der Waals surface area contributed by atoms with Gasteiger partial charge in [0, 0.05) is 16.1 Å². The van der Waals surface area contributed by atoms with Crippen LogP contribution in [-0.2, 0) is 0 Å². The van der Waals surface area contributed by atoms with Crippen molar-refractivity contribution in [2.75, 3.05) is 13.7 Å². The minimum atomic E-state index is -0.439. The van der Waals surface area contributed by atoms with Gasteiger partial charge in [0.15, 0.2) is 6.29 Å². The summed E-state index contributed by atoms with van der Waals surface area (Å²) in [5.41, 5.74) is 1.12. The van der Waals surface area contributed by atoms with Crippen LogP contribution in [0.3, 0.4) is 0 Å². The van der Waals surface area contributed by atoms with Crippen LogP contribution in [0.25, 0.3) is 11.1 Å².